The zero-order chi connectivity index (χ0) is 10.1. The maximum atomic E-state index is 13.2. The van der Waals surface area contributed by atoms with Crippen molar-refractivity contribution in [1.29, 1.82) is 0 Å². The van der Waals surface area contributed by atoms with Gasteiger partial charge in [-0.2, -0.15) is 0 Å². The van der Waals surface area contributed by atoms with Crippen molar-refractivity contribution < 1.29 is 18.6 Å². The smallest absolute Gasteiger partial charge is 0.165 e. The van der Waals surface area contributed by atoms with Gasteiger partial charge in [0.1, 0.15) is 5.82 Å². The first-order valence-electron chi connectivity index (χ1n) is 4.43. The fourth-order valence-corrected chi connectivity index (χ4v) is 1.59. The lowest BCUT2D eigenvalue weighted by atomic mass is 9.97. The highest BCUT2D eigenvalue weighted by Crippen LogP contribution is 2.31. The minimum Gasteiger partial charge on any atom is -0.490 e. The lowest BCUT2D eigenvalue weighted by Crippen LogP contribution is -2.25. The van der Waals surface area contributed by atoms with Crippen molar-refractivity contribution in [3.8, 4) is 5.75 Å². The number of hydrogen-bond acceptors (Lipinski definition) is 2. The van der Waals surface area contributed by atoms with Gasteiger partial charge in [0.25, 0.3) is 0 Å². The van der Waals surface area contributed by atoms with E-state index in [4.69, 9.17) is 9.84 Å². The molecule has 4 heteroatoms. The molecule has 76 valence electrons. The number of rotatable bonds is 1. The average molecular weight is 200 g/mol. The maximum Gasteiger partial charge on any atom is 0.165 e. The Hall–Kier alpha value is -1.16. The lowest BCUT2D eigenvalue weighted by Gasteiger charge is -2.24. The molecule has 1 unspecified atom stereocenters. The van der Waals surface area contributed by atoms with Gasteiger partial charge in [0.05, 0.1) is 6.61 Å². The SMILES string of the molecule is OCC1COc2c(F)ccc(F)c2C1. The van der Waals surface area contributed by atoms with Crippen molar-refractivity contribution in [2.75, 3.05) is 13.2 Å². The summed E-state index contributed by atoms with van der Waals surface area (Å²) in [5.41, 5.74) is 0.232. The molecule has 0 radical (unpaired) electrons. The van der Waals surface area contributed by atoms with E-state index in [-0.39, 0.29) is 30.4 Å². The number of hydrogen-bond donors (Lipinski definition) is 1. The number of aliphatic hydroxyl groups is 1. The predicted molar refractivity (Wildman–Crippen MR) is 46.1 cm³/mol. The van der Waals surface area contributed by atoms with Crippen molar-refractivity contribution in [2.45, 2.75) is 6.42 Å². The Morgan fingerprint density at radius 2 is 2.07 bits per heavy atom. The van der Waals surface area contributed by atoms with Crippen LogP contribution in [0.25, 0.3) is 0 Å². The highest BCUT2D eigenvalue weighted by Gasteiger charge is 2.24. The Bertz CT molecular complexity index is 352. The van der Waals surface area contributed by atoms with Gasteiger partial charge in [0.15, 0.2) is 11.6 Å². The van der Waals surface area contributed by atoms with E-state index in [1.54, 1.807) is 0 Å². The van der Waals surface area contributed by atoms with Gasteiger partial charge in [-0.25, -0.2) is 8.78 Å². The van der Waals surface area contributed by atoms with E-state index in [1.165, 1.54) is 0 Å². The topological polar surface area (TPSA) is 29.5 Å². The first kappa shape index (κ1) is 9.40. The van der Waals surface area contributed by atoms with Crippen molar-refractivity contribution in [3.05, 3.63) is 29.3 Å². The van der Waals surface area contributed by atoms with Crippen molar-refractivity contribution in [3.63, 3.8) is 0 Å². The van der Waals surface area contributed by atoms with E-state index in [2.05, 4.69) is 0 Å². The molecule has 0 aromatic heterocycles. The Morgan fingerprint density at radius 3 is 2.79 bits per heavy atom. The molecule has 0 fully saturated rings. The van der Waals surface area contributed by atoms with Gasteiger partial charge >= 0.3 is 0 Å². The van der Waals surface area contributed by atoms with Crippen LogP contribution in [0.4, 0.5) is 8.78 Å². The molecule has 2 rings (SSSR count). The number of halogens is 2. The van der Waals surface area contributed by atoms with Crippen LogP contribution in [0.2, 0.25) is 0 Å². The minimum absolute atomic E-state index is 0.00491. The monoisotopic (exact) mass is 200 g/mol. The fourth-order valence-electron chi connectivity index (χ4n) is 1.59. The number of fused-ring (bicyclic) bond motifs is 1. The number of aliphatic hydroxyl groups excluding tert-OH is 1. The van der Waals surface area contributed by atoms with Crippen LogP contribution in [-0.2, 0) is 6.42 Å². The zero-order valence-electron chi connectivity index (χ0n) is 7.46. The average Bonchev–Trinajstić information content (AvgIpc) is 2.23. The molecular formula is C10H10F2O2. The van der Waals surface area contributed by atoms with E-state index in [0.29, 0.717) is 6.42 Å². The van der Waals surface area contributed by atoms with Crippen LogP contribution in [-0.4, -0.2) is 18.3 Å². The molecule has 1 aliphatic rings. The first-order valence-corrected chi connectivity index (χ1v) is 4.43. The molecule has 0 saturated carbocycles. The van der Waals surface area contributed by atoms with Gasteiger partial charge in [-0.05, 0) is 18.6 Å². The second-order valence-corrected chi connectivity index (χ2v) is 3.40. The molecule has 1 heterocycles. The van der Waals surface area contributed by atoms with E-state index >= 15 is 0 Å². The second kappa shape index (κ2) is 3.53. The van der Waals surface area contributed by atoms with Gasteiger partial charge in [-0.15, -0.1) is 0 Å². The molecule has 0 saturated heterocycles. The van der Waals surface area contributed by atoms with E-state index in [1.807, 2.05) is 0 Å². The third kappa shape index (κ3) is 1.46. The molecule has 1 N–H and O–H groups in total. The molecule has 1 atom stereocenters. The Morgan fingerprint density at radius 1 is 1.36 bits per heavy atom. The normalized spacial score (nSPS) is 20.1. The van der Waals surface area contributed by atoms with Crippen molar-refractivity contribution in [1.82, 2.24) is 0 Å². The quantitative estimate of drug-likeness (QED) is 0.744. The molecule has 14 heavy (non-hydrogen) atoms. The Labute approximate surface area is 80.1 Å². The van der Waals surface area contributed by atoms with Gasteiger partial charge in [-0.1, -0.05) is 0 Å². The molecule has 0 aliphatic carbocycles. The third-order valence-electron chi connectivity index (χ3n) is 2.37. The van der Waals surface area contributed by atoms with Crippen molar-refractivity contribution >= 4 is 0 Å². The molecule has 0 bridgehead atoms. The van der Waals surface area contributed by atoms with Gasteiger partial charge in [0, 0.05) is 18.1 Å². The Balaban J connectivity index is 2.40. The van der Waals surface area contributed by atoms with Crippen LogP contribution in [0.5, 0.6) is 5.75 Å². The standard InChI is InChI=1S/C10H10F2O2/c11-8-1-2-9(12)10-7(8)3-6(4-13)5-14-10/h1-2,6,13H,3-5H2. The predicted octanol–water partition coefficient (Wildman–Crippen LogP) is 1.51. The van der Waals surface area contributed by atoms with Crippen LogP contribution in [0.15, 0.2) is 12.1 Å². The summed E-state index contributed by atoms with van der Waals surface area (Å²) in [5, 5.41) is 8.88. The van der Waals surface area contributed by atoms with Gasteiger partial charge in [0.2, 0.25) is 0 Å². The summed E-state index contributed by atoms with van der Waals surface area (Å²) in [5.74, 6) is -1.16. The summed E-state index contributed by atoms with van der Waals surface area (Å²) in [6, 6.07) is 2.13. The van der Waals surface area contributed by atoms with Crippen LogP contribution in [0.1, 0.15) is 5.56 Å². The van der Waals surface area contributed by atoms with E-state index < -0.39 is 11.6 Å². The Kier molecular flexibility index (Phi) is 2.37. The van der Waals surface area contributed by atoms with Crippen LogP contribution in [0, 0.1) is 17.6 Å². The zero-order valence-corrected chi connectivity index (χ0v) is 7.46. The molecule has 1 aliphatic heterocycles. The number of benzene rings is 1. The molecule has 1 aromatic rings. The van der Waals surface area contributed by atoms with Gasteiger partial charge in [-0.3, -0.25) is 0 Å². The lowest BCUT2D eigenvalue weighted by molar-refractivity contribution is 0.140. The second-order valence-electron chi connectivity index (χ2n) is 3.40. The summed E-state index contributed by atoms with van der Waals surface area (Å²) < 4.78 is 31.4. The minimum atomic E-state index is -0.544. The molecule has 2 nitrogen and oxygen atoms in total. The third-order valence-corrected chi connectivity index (χ3v) is 2.37. The van der Waals surface area contributed by atoms with Crippen molar-refractivity contribution in [2.24, 2.45) is 5.92 Å². The molecule has 1 aromatic carbocycles. The summed E-state index contributed by atoms with van der Waals surface area (Å²) in [7, 11) is 0. The summed E-state index contributed by atoms with van der Waals surface area (Å²) in [4.78, 5) is 0. The maximum absolute atomic E-state index is 13.2. The summed E-state index contributed by atoms with van der Waals surface area (Å²) >= 11 is 0. The highest BCUT2D eigenvalue weighted by atomic mass is 19.1. The van der Waals surface area contributed by atoms with Gasteiger partial charge < -0.3 is 9.84 Å². The summed E-state index contributed by atoms with van der Waals surface area (Å²) in [6.07, 6.45) is 0.329. The van der Waals surface area contributed by atoms with E-state index in [9.17, 15) is 8.78 Å². The van der Waals surface area contributed by atoms with Crippen LogP contribution >= 0.6 is 0 Å². The van der Waals surface area contributed by atoms with Crippen LogP contribution < -0.4 is 4.74 Å². The first-order chi connectivity index (χ1) is 6.72. The fraction of sp³-hybridized carbons (Fsp3) is 0.400. The van der Waals surface area contributed by atoms with Crippen LogP contribution in [0.3, 0.4) is 0 Å². The molecule has 0 amide bonds. The number of ether oxygens (including phenoxy) is 1. The molecule has 0 spiro atoms. The van der Waals surface area contributed by atoms with E-state index in [0.717, 1.165) is 12.1 Å². The summed E-state index contributed by atoms with van der Waals surface area (Å²) in [6.45, 7) is 0.166. The largest absolute Gasteiger partial charge is 0.490 e. The highest BCUT2D eigenvalue weighted by molar-refractivity contribution is 5.37. The molecular weight excluding hydrogens is 190 g/mol.